The molecule has 3 saturated heterocycles. The molecule has 0 bridgehead atoms. The predicted molar refractivity (Wildman–Crippen MR) is 102 cm³/mol. The van der Waals surface area contributed by atoms with Gasteiger partial charge in [0.05, 0.1) is 30.5 Å². The summed E-state index contributed by atoms with van der Waals surface area (Å²) in [7, 11) is 0. The summed E-state index contributed by atoms with van der Waals surface area (Å²) in [6.45, 7) is 1.47. The van der Waals surface area contributed by atoms with Crippen LogP contribution in [0.4, 0.5) is 0 Å². The Kier molecular flexibility index (Phi) is 5.10. The van der Waals surface area contributed by atoms with Gasteiger partial charge in [0, 0.05) is 42.4 Å². The van der Waals surface area contributed by atoms with Crippen LogP contribution in [0.1, 0.15) is 32.1 Å². The molecule has 9 heteroatoms. The topological polar surface area (TPSA) is 120 Å². The minimum Gasteiger partial charge on any atom is -0.461 e. The fraction of sp³-hybridized carbons (Fsp3) is 0.947. The van der Waals surface area contributed by atoms with Crippen LogP contribution >= 0.6 is 11.6 Å². The van der Waals surface area contributed by atoms with E-state index in [4.69, 9.17) is 22.1 Å². The monoisotopic (exact) mass is 414 g/mol. The molecule has 28 heavy (non-hydrogen) atoms. The van der Waals surface area contributed by atoms with Crippen molar-refractivity contribution in [3.63, 3.8) is 0 Å². The number of nitrogens with one attached hydrogen (secondary N) is 2. The van der Waals surface area contributed by atoms with Gasteiger partial charge in [0.15, 0.2) is 0 Å². The highest BCUT2D eigenvalue weighted by Crippen LogP contribution is 2.48. The van der Waals surface area contributed by atoms with E-state index in [-0.39, 0.29) is 59.5 Å². The van der Waals surface area contributed by atoms with E-state index in [2.05, 4.69) is 15.5 Å². The Labute approximate surface area is 170 Å². The molecule has 0 aromatic carbocycles. The number of halogens is 1. The van der Waals surface area contributed by atoms with Gasteiger partial charge >= 0.3 is 5.97 Å². The maximum absolute atomic E-state index is 12.4. The standard InChI is InChI=1S/C19H31ClN4O4/c20-8-1-2-9-11(5-8)19(27)28-16(9)12-6-13(15(26)14(12)25)24-4-3-10-17(21)22-7-23-18(10)24/h8-18,22-23,25-26H,1-7,21H2/t8?,9?,10?,11?,12-,13+,14+,15-,16-,17?,18?/m0/s1. The van der Waals surface area contributed by atoms with E-state index in [1.165, 1.54) is 0 Å². The first-order valence-corrected chi connectivity index (χ1v) is 11.1. The molecule has 5 fully saturated rings. The normalized spacial score (nSPS) is 54.4. The quantitative estimate of drug-likeness (QED) is 0.292. The Morgan fingerprint density at radius 2 is 1.89 bits per heavy atom. The number of nitrogens with two attached hydrogens (primary N) is 1. The first kappa shape index (κ1) is 19.5. The Morgan fingerprint density at radius 3 is 2.71 bits per heavy atom. The first-order valence-electron chi connectivity index (χ1n) is 10.6. The van der Waals surface area contributed by atoms with Gasteiger partial charge in [-0.1, -0.05) is 0 Å². The molecule has 5 aliphatic rings. The maximum Gasteiger partial charge on any atom is 0.309 e. The van der Waals surface area contributed by atoms with Crippen molar-refractivity contribution in [3.8, 4) is 0 Å². The smallest absolute Gasteiger partial charge is 0.309 e. The van der Waals surface area contributed by atoms with Gasteiger partial charge in [-0.3, -0.25) is 20.3 Å². The highest BCUT2D eigenvalue weighted by Gasteiger charge is 2.57. The molecule has 2 aliphatic carbocycles. The van der Waals surface area contributed by atoms with E-state index in [0.29, 0.717) is 19.5 Å². The van der Waals surface area contributed by atoms with Gasteiger partial charge < -0.3 is 20.7 Å². The summed E-state index contributed by atoms with van der Waals surface area (Å²) < 4.78 is 5.76. The number of carbonyl (C=O) groups excluding carboxylic acids is 1. The van der Waals surface area contributed by atoms with Crippen LogP contribution in [0, 0.1) is 23.7 Å². The van der Waals surface area contributed by atoms with Crippen molar-refractivity contribution in [3.05, 3.63) is 0 Å². The minimum absolute atomic E-state index is 0.0242. The Hall–Kier alpha value is -0.480. The highest BCUT2D eigenvalue weighted by atomic mass is 35.5. The number of fused-ring (bicyclic) bond motifs is 2. The molecule has 8 nitrogen and oxygen atoms in total. The van der Waals surface area contributed by atoms with E-state index in [9.17, 15) is 15.0 Å². The fourth-order valence-electron chi connectivity index (χ4n) is 6.51. The fourth-order valence-corrected chi connectivity index (χ4v) is 6.83. The summed E-state index contributed by atoms with van der Waals surface area (Å²) in [4.78, 5) is 14.7. The second-order valence-electron chi connectivity index (χ2n) is 9.28. The Balaban J connectivity index is 1.32. The second kappa shape index (κ2) is 7.34. The summed E-state index contributed by atoms with van der Waals surface area (Å²) in [5, 5.41) is 28.5. The van der Waals surface area contributed by atoms with E-state index in [0.717, 1.165) is 25.8 Å². The van der Waals surface area contributed by atoms with Crippen LogP contribution in [0.25, 0.3) is 0 Å². The van der Waals surface area contributed by atoms with Gasteiger partial charge in [-0.15, -0.1) is 11.6 Å². The maximum atomic E-state index is 12.4. The van der Waals surface area contributed by atoms with Crippen LogP contribution in [0.5, 0.6) is 0 Å². The molecule has 0 aromatic heterocycles. The summed E-state index contributed by atoms with van der Waals surface area (Å²) >= 11 is 6.27. The third kappa shape index (κ3) is 3.00. The molecule has 6 unspecified atom stereocenters. The molecular formula is C19H31ClN4O4. The first-order chi connectivity index (χ1) is 13.5. The molecule has 6 N–H and O–H groups in total. The zero-order valence-electron chi connectivity index (χ0n) is 15.9. The zero-order valence-corrected chi connectivity index (χ0v) is 16.7. The van der Waals surface area contributed by atoms with Gasteiger partial charge in [0.1, 0.15) is 6.10 Å². The summed E-state index contributed by atoms with van der Waals surface area (Å²) in [5.74, 6) is -0.197. The summed E-state index contributed by atoms with van der Waals surface area (Å²) in [6.07, 6.45) is 1.94. The third-order valence-electron chi connectivity index (χ3n) is 7.95. The average Bonchev–Trinajstić information content (AvgIpc) is 3.32. The number of nitrogens with zero attached hydrogens (tertiary/aromatic N) is 1. The van der Waals surface area contributed by atoms with Crippen LogP contribution in [-0.4, -0.2) is 76.4 Å². The number of aliphatic hydroxyl groups is 2. The Morgan fingerprint density at radius 1 is 1.07 bits per heavy atom. The molecule has 3 aliphatic heterocycles. The van der Waals surface area contributed by atoms with Crippen molar-refractivity contribution in [1.29, 1.82) is 0 Å². The van der Waals surface area contributed by atoms with Crippen molar-refractivity contribution < 1.29 is 19.7 Å². The van der Waals surface area contributed by atoms with Crippen molar-refractivity contribution in [2.24, 2.45) is 29.4 Å². The Bertz CT molecular complexity index is 627. The molecule has 0 amide bonds. The summed E-state index contributed by atoms with van der Waals surface area (Å²) in [5.41, 5.74) is 6.21. The van der Waals surface area contributed by atoms with Crippen LogP contribution in [-0.2, 0) is 9.53 Å². The lowest BCUT2D eigenvalue weighted by Crippen LogP contribution is -2.64. The number of hydrogen-bond donors (Lipinski definition) is 5. The summed E-state index contributed by atoms with van der Waals surface area (Å²) in [6, 6.07) is -0.157. The molecule has 0 spiro atoms. The SMILES string of the molecule is NC1NCNC2C1CCN2[C@@H]1C[C@H]([C@H]2OC(=O)C3CC(Cl)CCC32)[C@@H](O)[C@H]1O. The number of likely N-dealkylation sites (tertiary alicyclic amines) is 1. The number of aliphatic hydroxyl groups excluding tert-OH is 2. The van der Waals surface area contributed by atoms with Crippen molar-refractivity contribution in [2.75, 3.05) is 13.2 Å². The van der Waals surface area contributed by atoms with Gasteiger partial charge in [-0.05, 0) is 32.1 Å². The van der Waals surface area contributed by atoms with Gasteiger partial charge in [-0.2, -0.15) is 0 Å². The van der Waals surface area contributed by atoms with E-state index in [1.54, 1.807) is 0 Å². The zero-order chi connectivity index (χ0) is 19.6. The van der Waals surface area contributed by atoms with E-state index < -0.39 is 12.2 Å². The average molecular weight is 415 g/mol. The lowest BCUT2D eigenvalue weighted by atomic mass is 9.74. The molecule has 3 heterocycles. The molecular weight excluding hydrogens is 384 g/mol. The van der Waals surface area contributed by atoms with Gasteiger partial charge in [0.2, 0.25) is 0 Å². The number of ether oxygens (including phenoxy) is 1. The number of rotatable bonds is 2. The van der Waals surface area contributed by atoms with Crippen LogP contribution in [0.15, 0.2) is 0 Å². The number of carbonyl (C=O) groups is 1. The second-order valence-corrected chi connectivity index (χ2v) is 9.89. The van der Waals surface area contributed by atoms with Gasteiger partial charge in [0.25, 0.3) is 0 Å². The number of alkyl halides is 1. The number of cyclic esters (lactones) is 1. The molecule has 2 saturated carbocycles. The molecule has 5 rings (SSSR count). The van der Waals surface area contributed by atoms with E-state index >= 15 is 0 Å². The van der Waals surface area contributed by atoms with Crippen LogP contribution in [0.3, 0.4) is 0 Å². The molecule has 11 atom stereocenters. The lowest BCUT2D eigenvalue weighted by molar-refractivity contribution is -0.147. The number of esters is 1. The third-order valence-corrected chi connectivity index (χ3v) is 8.35. The van der Waals surface area contributed by atoms with Crippen LogP contribution in [0.2, 0.25) is 0 Å². The molecule has 0 aromatic rings. The lowest BCUT2D eigenvalue weighted by Gasteiger charge is -2.40. The predicted octanol–water partition coefficient (Wildman–Crippen LogP) is -0.871. The highest BCUT2D eigenvalue weighted by molar-refractivity contribution is 6.20. The van der Waals surface area contributed by atoms with Gasteiger partial charge in [-0.25, -0.2) is 0 Å². The van der Waals surface area contributed by atoms with Crippen molar-refractivity contribution in [1.82, 2.24) is 15.5 Å². The largest absolute Gasteiger partial charge is 0.461 e. The minimum atomic E-state index is -0.885. The van der Waals surface area contributed by atoms with E-state index in [1.807, 2.05) is 0 Å². The van der Waals surface area contributed by atoms with Crippen molar-refractivity contribution in [2.45, 2.75) is 74.2 Å². The number of hydrogen-bond acceptors (Lipinski definition) is 8. The van der Waals surface area contributed by atoms with Crippen molar-refractivity contribution >= 4 is 17.6 Å². The van der Waals surface area contributed by atoms with Crippen LogP contribution < -0.4 is 16.4 Å². The molecule has 158 valence electrons. The molecule has 0 radical (unpaired) electrons.